The molecule has 0 bridgehead atoms. The van der Waals surface area contributed by atoms with Gasteiger partial charge in [0.2, 0.25) is 0 Å². The minimum atomic E-state index is -4.71. The normalized spacial score (nSPS) is 12.1. The van der Waals surface area contributed by atoms with Crippen LogP contribution in [0.4, 0.5) is 5.69 Å². The zero-order chi connectivity index (χ0) is 14.4. The Labute approximate surface area is 158 Å². The first kappa shape index (κ1) is 18.0. The third-order valence-corrected chi connectivity index (χ3v) is 4.18. The van der Waals surface area contributed by atoms with Gasteiger partial charge in [-0.25, -0.2) is 8.42 Å². The maximum Gasteiger partial charge on any atom is 1.00 e. The third-order valence-electron chi connectivity index (χ3n) is 2.52. The second-order valence-corrected chi connectivity index (χ2v) is 6.63. The van der Waals surface area contributed by atoms with Crippen LogP contribution in [0.2, 0.25) is 0 Å². The molecule has 0 atom stereocenters. The predicted molar refractivity (Wildman–Crippen MR) is 66.1 cm³/mol. The van der Waals surface area contributed by atoms with Gasteiger partial charge in [0.05, 0.1) is 9.79 Å². The fourth-order valence-electron chi connectivity index (χ4n) is 1.65. The Bertz CT molecular complexity index is 871. The van der Waals surface area contributed by atoms with E-state index in [1.807, 2.05) is 0 Å². The molecule has 2 rings (SSSR count). The van der Waals surface area contributed by atoms with Gasteiger partial charge in [-0.3, -0.25) is 4.55 Å². The molecule has 0 radical (unpaired) electrons. The van der Waals surface area contributed by atoms with Gasteiger partial charge in [-0.15, -0.1) is 0 Å². The Morgan fingerprint density at radius 3 is 2.05 bits per heavy atom. The van der Waals surface area contributed by atoms with Crippen LogP contribution in [0.1, 0.15) is 0 Å². The van der Waals surface area contributed by atoms with Gasteiger partial charge in [-0.2, -0.15) is 8.42 Å². The van der Waals surface area contributed by atoms with Gasteiger partial charge >= 0.3 is 51.4 Å². The van der Waals surface area contributed by atoms with E-state index in [9.17, 15) is 21.4 Å². The van der Waals surface area contributed by atoms with E-state index in [0.29, 0.717) is 5.39 Å². The van der Waals surface area contributed by atoms with Crippen LogP contribution in [-0.2, 0) is 20.2 Å². The standard InChI is InChI=1S/C10H9NO6S2.K/c11-10-5-8(19(15,16)17)4-6-3-7(18(12,13)14)1-2-9(6)10;/h1-5H,11H2,(H,12,13,14)(H,15,16,17);/q;+1/p-1. The molecule has 3 N–H and O–H groups in total. The van der Waals surface area contributed by atoms with Crippen LogP contribution in [0.25, 0.3) is 10.8 Å². The smallest absolute Gasteiger partial charge is 0.744 e. The van der Waals surface area contributed by atoms with Gasteiger partial charge in [0.15, 0.2) is 0 Å². The Morgan fingerprint density at radius 1 is 1.00 bits per heavy atom. The topological polar surface area (TPSA) is 138 Å². The number of hydrogen-bond acceptors (Lipinski definition) is 6. The fourth-order valence-corrected chi connectivity index (χ4v) is 2.71. The summed E-state index contributed by atoms with van der Waals surface area (Å²) in [7, 11) is -9.13. The Balaban J connectivity index is 0.00000200. The van der Waals surface area contributed by atoms with Crippen molar-refractivity contribution in [3.8, 4) is 0 Å². The van der Waals surface area contributed by atoms with Crippen molar-refractivity contribution >= 4 is 36.7 Å². The van der Waals surface area contributed by atoms with Crippen molar-refractivity contribution < 1.29 is 77.3 Å². The van der Waals surface area contributed by atoms with Gasteiger partial charge in [0.25, 0.3) is 10.1 Å². The van der Waals surface area contributed by atoms with E-state index in [-0.39, 0.29) is 62.5 Å². The molecule has 0 saturated carbocycles. The summed E-state index contributed by atoms with van der Waals surface area (Å²) in [5.41, 5.74) is 5.62. The van der Waals surface area contributed by atoms with Gasteiger partial charge in [-0.05, 0) is 29.7 Å². The van der Waals surface area contributed by atoms with E-state index in [2.05, 4.69) is 0 Å². The van der Waals surface area contributed by atoms with Gasteiger partial charge in [-0.1, -0.05) is 6.07 Å². The summed E-state index contributed by atoms with van der Waals surface area (Å²) < 4.78 is 63.7. The fraction of sp³-hybridized carbons (Fsp3) is 0. The van der Waals surface area contributed by atoms with Crippen LogP contribution in [0, 0.1) is 0 Å². The van der Waals surface area contributed by atoms with Gasteiger partial charge in [0, 0.05) is 11.1 Å². The molecule has 0 aromatic heterocycles. The summed E-state index contributed by atoms with van der Waals surface area (Å²) >= 11 is 0. The second kappa shape index (κ2) is 5.99. The molecule has 0 spiro atoms. The van der Waals surface area contributed by atoms with Crippen molar-refractivity contribution in [1.29, 1.82) is 0 Å². The maximum atomic E-state index is 11.0. The number of nitrogens with two attached hydrogens (primary N) is 1. The molecule has 0 amide bonds. The van der Waals surface area contributed by atoms with Gasteiger partial charge < -0.3 is 10.3 Å². The first-order valence-corrected chi connectivity index (χ1v) is 7.70. The van der Waals surface area contributed by atoms with Crippen LogP contribution in [0.3, 0.4) is 0 Å². The largest absolute Gasteiger partial charge is 1.00 e. The molecule has 0 unspecified atom stereocenters. The molecule has 0 aliphatic heterocycles. The molecular formula is C10H8KNO6S2. The number of anilines is 1. The van der Waals surface area contributed by atoms with Crippen molar-refractivity contribution in [2.45, 2.75) is 9.79 Å². The third kappa shape index (κ3) is 3.78. The van der Waals surface area contributed by atoms with E-state index >= 15 is 0 Å². The minimum absolute atomic E-state index is 0. The molecule has 20 heavy (non-hydrogen) atoms. The summed E-state index contributed by atoms with van der Waals surface area (Å²) in [6.45, 7) is 0. The first-order valence-electron chi connectivity index (χ1n) is 4.86. The van der Waals surface area contributed by atoms with Crippen LogP contribution < -0.4 is 57.1 Å². The summed E-state index contributed by atoms with van der Waals surface area (Å²) in [5, 5.41) is 0.504. The zero-order valence-corrected chi connectivity index (χ0v) is 15.0. The average molecular weight is 341 g/mol. The van der Waals surface area contributed by atoms with E-state index in [4.69, 9.17) is 10.3 Å². The predicted octanol–water partition coefficient (Wildman–Crippen LogP) is -2.42. The number of rotatable bonds is 2. The van der Waals surface area contributed by atoms with Crippen LogP contribution in [0.5, 0.6) is 0 Å². The molecule has 2 aromatic rings. The molecule has 7 nitrogen and oxygen atoms in total. The second-order valence-electron chi connectivity index (χ2n) is 3.82. The molecular weight excluding hydrogens is 333 g/mol. The van der Waals surface area contributed by atoms with Crippen molar-refractivity contribution in [3.05, 3.63) is 30.3 Å². The van der Waals surface area contributed by atoms with E-state index in [1.165, 1.54) is 6.07 Å². The van der Waals surface area contributed by atoms with Crippen molar-refractivity contribution in [2.75, 3.05) is 5.73 Å². The minimum Gasteiger partial charge on any atom is -0.744 e. The summed E-state index contributed by atoms with van der Waals surface area (Å²) in [4.78, 5) is -0.982. The van der Waals surface area contributed by atoms with Crippen molar-refractivity contribution in [3.63, 3.8) is 0 Å². The summed E-state index contributed by atoms with van der Waals surface area (Å²) in [5.74, 6) is 0. The summed E-state index contributed by atoms with van der Waals surface area (Å²) in [6.07, 6.45) is 0. The molecule has 0 heterocycles. The molecule has 102 valence electrons. The van der Waals surface area contributed by atoms with Crippen LogP contribution in [0.15, 0.2) is 40.1 Å². The number of benzene rings is 2. The SMILES string of the molecule is Nc1cc(S(=O)(=O)[O-])cc2cc(S(=O)(=O)O)ccc12.[K+]. The Hall–Kier alpha value is -0.0436. The number of hydrogen-bond donors (Lipinski definition) is 2. The molecule has 2 aromatic carbocycles. The van der Waals surface area contributed by atoms with E-state index in [1.54, 1.807) is 0 Å². The molecule has 0 fully saturated rings. The quantitative estimate of drug-likeness (QED) is 0.352. The molecule has 10 heteroatoms. The summed E-state index contributed by atoms with van der Waals surface area (Å²) in [6, 6.07) is 5.48. The Morgan fingerprint density at radius 2 is 1.55 bits per heavy atom. The molecule has 0 aliphatic rings. The first-order chi connectivity index (χ1) is 8.59. The zero-order valence-electron chi connectivity index (χ0n) is 10.3. The van der Waals surface area contributed by atoms with Gasteiger partial charge in [0.1, 0.15) is 10.1 Å². The van der Waals surface area contributed by atoms with Crippen molar-refractivity contribution in [1.82, 2.24) is 0 Å². The van der Waals surface area contributed by atoms with Crippen LogP contribution >= 0.6 is 0 Å². The number of nitrogen functional groups attached to an aromatic ring is 1. The van der Waals surface area contributed by atoms with E-state index in [0.717, 1.165) is 24.3 Å². The maximum absolute atomic E-state index is 11.0. The molecule has 0 saturated heterocycles. The monoisotopic (exact) mass is 341 g/mol. The molecule has 0 aliphatic carbocycles. The van der Waals surface area contributed by atoms with E-state index < -0.39 is 30.0 Å². The average Bonchev–Trinajstić information content (AvgIpc) is 2.25. The van der Waals surface area contributed by atoms with Crippen LogP contribution in [-0.4, -0.2) is 25.9 Å². The number of fused-ring (bicyclic) bond motifs is 1. The Kier molecular flexibility index (Phi) is 5.39. The van der Waals surface area contributed by atoms with Crippen molar-refractivity contribution in [2.24, 2.45) is 0 Å².